The summed E-state index contributed by atoms with van der Waals surface area (Å²) in [7, 11) is 0. The molecule has 0 unspecified atom stereocenters. The van der Waals surface area contributed by atoms with Crippen LogP contribution in [0.5, 0.6) is 0 Å². The lowest BCUT2D eigenvalue weighted by Gasteiger charge is -2.39. The molecular formula is C29H22N2O. The quantitative estimate of drug-likeness (QED) is 0.372. The number of para-hydroxylation sites is 2. The molecule has 3 nitrogen and oxygen atoms in total. The molecule has 6 rings (SSSR count). The van der Waals surface area contributed by atoms with Crippen LogP contribution in [0, 0.1) is 0 Å². The highest BCUT2D eigenvalue weighted by atomic mass is 16.2. The van der Waals surface area contributed by atoms with Crippen LogP contribution in [-0.2, 0) is 18.3 Å². The van der Waals surface area contributed by atoms with Crippen molar-refractivity contribution in [3.8, 4) is 0 Å². The van der Waals surface area contributed by atoms with Crippen LogP contribution >= 0.6 is 0 Å². The van der Waals surface area contributed by atoms with E-state index in [-0.39, 0.29) is 5.91 Å². The standard InChI is InChI=1S/C29H22N2O/c32-27-23-15-7-8-16-24(23)29(19-21-11-3-1-4-12-21,20-22-13-5-2-6-14-22)28-30-25-17-9-10-18-26(25)31(27)28/h1-18H,19-20H2. The average Bonchev–Trinajstić information content (AvgIpc) is 3.25. The largest absolute Gasteiger partial charge is 0.268 e. The number of imidazole rings is 1. The van der Waals surface area contributed by atoms with Gasteiger partial charge in [-0.2, -0.15) is 0 Å². The molecule has 0 radical (unpaired) electrons. The number of carbonyl (C=O) groups excluding carboxylic acids is 1. The number of rotatable bonds is 4. The second-order valence-corrected chi connectivity index (χ2v) is 8.52. The van der Waals surface area contributed by atoms with Crippen molar-refractivity contribution >= 4 is 16.9 Å². The first-order valence-corrected chi connectivity index (χ1v) is 11.0. The second kappa shape index (κ2) is 7.31. The van der Waals surface area contributed by atoms with E-state index in [2.05, 4.69) is 54.6 Å². The maximum atomic E-state index is 13.7. The Bertz CT molecular complexity index is 1390. The van der Waals surface area contributed by atoms with Crippen LogP contribution in [0.4, 0.5) is 0 Å². The summed E-state index contributed by atoms with van der Waals surface area (Å²) >= 11 is 0. The number of aromatic nitrogens is 2. The van der Waals surface area contributed by atoms with E-state index in [9.17, 15) is 4.79 Å². The van der Waals surface area contributed by atoms with Gasteiger partial charge < -0.3 is 0 Å². The Hall–Kier alpha value is -3.98. The molecule has 1 aliphatic heterocycles. The normalized spacial score (nSPS) is 14.2. The molecule has 0 saturated heterocycles. The van der Waals surface area contributed by atoms with Crippen molar-refractivity contribution < 1.29 is 4.79 Å². The third-order valence-corrected chi connectivity index (χ3v) is 6.56. The topological polar surface area (TPSA) is 34.9 Å². The average molecular weight is 415 g/mol. The summed E-state index contributed by atoms with van der Waals surface area (Å²) in [5.74, 6) is 0.830. The zero-order valence-electron chi connectivity index (χ0n) is 17.6. The van der Waals surface area contributed by atoms with Gasteiger partial charge >= 0.3 is 0 Å². The third-order valence-electron chi connectivity index (χ3n) is 6.56. The van der Waals surface area contributed by atoms with Crippen molar-refractivity contribution in [2.75, 3.05) is 0 Å². The first kappa shape index (κ1) is 18.8. The van der Waals surface area contributed by atoms with E-state index in [1.807, 2.05) is 59.2 Å². The van der Waals surface area contributed by atoms with Crippen LogP contribution < -0.4 is 0 Å². The van der Waals surface area contributed by atoms with Gasteiger partial charge in [0.15, 0.2) is 0 Å². The van der Waals surface area contributed by atoms with Crippen molar-refractivity contribution in [3.63, 3.8) is 0 Å². The van der Waals surface area contributed by atoms with Crippen molar-refractivity contribution in [1.82, 2.24) is 9.55 Å². The van der Waals surface area contributed by atoms with Gasteiger partial charge in [0.05, 0.1) is 16.4 Å². The fourth-order valence-electron chi connectivity index (χ4n) is 5.18. The van der Waals surface area contributed by atoms with Crippen LogP contribution in [0.1, 0.15) is 32.9 Å². The van der Waals surface area contributed by atoms with Gasteiger partial charge in [-0.05, 0) is 47.7 Å². The molecule has 0 aliphatic carbocycles. The van der Waals surface area contributed by atoms with Crippen molar-refractivity contribution in [3.05, 3.63) is 137 Å². The molecule has 5 aromatic rings. The lowest BCUT2D eigenvalue weighted by molar-refractivity contribution is 0.0945. The summed E-state index contributed by atoms with van der Waals surface area (Å²) in [5.41, 5.74) is 5.53. The molecule has 3 heteroatoms. The van der Waals surface area contributed by atoms with E-state index in [1.54, 1.807) is 0 Å². The molecule has 0 N–H and O–H groups in total. The van der Waals surface area contributed by atoms with E-state index < -0.39 is 5.41 Å². The summed E-state index contributed by atoms with van der Waals surface area (Å²) in [5, 5.41) is 0. The predicted octanol–water partition coefficient (Wildman–Crippen LogP) is 5.81. The fourth-order valence-corrected chi connectivity index (χ4v) is 5.18. The lowest BCUT2D eigenvalue weighted by Crippen LogP contribution is -2.43. The predicted molar refractivity (Wildman–Crippen MR) is 127 cm³/mol. The third kappa shape index (κ3) is 2.82. The number of nitrogens with zero attached hydrogens (tertiary/aromatic N) is 2. The van der Waals surface area contributed by atoms with Gasteiger partial charge in [0, 0.05) is 5.56 Å². The summed E-state index contributed by atoms with van der Waals surface area (Å²) < 4.78 is 1.85. The number of fused-ring (bicyclic) bond motifs is 4. The maximum Gasteiger partial charge on any atom is 0.264 e. The van der Waals surface area contributed by atoms with Crippen LogP contribution in [0.15, 0.2) is 109 Å². The SMILES string of the molecule is O=C1c2ccccc2C(Cc2ccccc2)(Cc2ccccc2)c2nc3ccccc3n21. The highest BCUT2D eigenvalue weighted by Crippen LogP contribution is 2.44. The zero-order chi connectivity index (χ0) is 21.5. The van der Waals surface area contributed by atoms with Gasteiger partial charge in [-0.25, -0.2) is 4.98 Å². The summed E-state index contributed by atoms with van der Waals surface area (Å²) in [6, 6.07) is 37.1. The first-order valence-electron chi connectivity index (χ1n) is 11.0. The number of benzene rings is 4. The van der Waals surface area contributed by atoms with Crippen LogP contribution in [0.25, 0.3) is 11.0 Å². The Balaban J connectivity index is 1.69. The number of hydrogen-bond acceptors (Lipinski definition) is 2. The molecule has 0 amide bonds. The van der Waals surface area contributed by atoms with E-state index in [0.29, 0.717) is 0 Å². The molecule has 154 valence electrons. The van der Waals surface area contributed by atoms with E-state index in [4.69, 9.17) is 4.98 Å². The molecule has 0 saturated carbocycles. The molecular weight excluding hydrogens is 392 g/mol. The highest BCUT2D eigenvalue weighted by Gasteiger charge is 2.46. The summed E-state index contributed by atoms with van der Waals surface area (Å²) in [4.78, 5) is 18.8. The monoisotopic (exact) mass is 414 g/mol. The van der Waals surface area contributed by atoms with Gasteiger partial charge in [0.1, 0.15) is 5.82 Å². The van der Waals surface area contributed by atoms with Gasteiger partial charge in [-0.1, -0.05) is 91.0 Å². The van der Waals surface area contributed by atoms with E-state index in [1.165, 1.54) is 11.1 Å². The molecule has 1 aliphatic rings. The Morgan fingerprint density at radius 1 is 0.656 bits per heavy atom. The lowest BCUT2D eigenvalue weighted by atomic mass is 9.67. The zero-order valence-corrected chi connectivity index (χ0v) is 17.6. The molecule has 2 heterocycles. The number of carbonyl (C=O) groups is 1. The number of hydrogen-bond donors (Lipinski definition) is 0. The Morgan fingerprint density at radius 3 is 1.91 bits per heavy atom. The first-order chi connectivity index (χ1) is 15.8. The molecule has 32 heavy (non-hydrogen) atoms. The van der Waals surface area contributed by atoms with Crippen LogP contribution in [0.3, 0.4) is 0 Å². The molecule has 0 spiro atoms. The van der Waals surface area contributed by atoms with E-state index in [0.717, 1.165) is 40.8 Å². The van der Waals surface area contributed by atoms with Crippen molar-refractivity contribution in [2.24, 2.45) is 0 Å². The minimum Gasteiger partial charge on any atom is -0.268 e. The highest BCUT2D eigenvalue weighted by molar-refractivity contribution is 6.05. The maximum absolute atomic E-state index is 13.7. The van der Waals surface area contributed by atoms with Gasteiger partial charge in [-0.15, -0.1) is 0 Å². The second-order valence-electron chi connectivity index (χ2n) is 8.52. The van der Waals surface area contributed by atoms with Gasteiger partial charge in [-0.3, -0.25) is 9.36 Å². The summed E-state index contributed by atoms with van der Waals surface area (Å²) in [6.45, 7) is 0. The Labute approximate surface area is 187 Å². The fraction of sp³-hybridized carbons (Fsp3) is 0.103. The molecule has 1 aromatic heterocycles. The van der Waals surface area contributed by atoms with Crippen LogP contribution in [0.2, 0.25) is 0 Å². The van der Waals surface area contributed by atoms with E-state index >= 15 is 0 Å². The molecule has 0 fully saturated rings. The van der Waals surface area contributed by atoms with Crippen molar-refractivity contribution in [1.29, 1.82) is 0 Å². The molecule has 0 bridgehead atoms. The summed E-state index contributed by atoms with van der Waals surface area (Å²) in [6.07, 6.45) is 1.52. The molecule has 4 aromatic carbocycles. The molecule has 0 atom stereocenters. The Kier molecular flexibility index (Phi) is 4.29. The smallest absolute Gasteiger partial charge is 0.264 e. The van der Waals surface area contributed by atoms with Crippen molar-refractivity contribution in [2.45, 2.75) is 18.3 Å². The minimum atomic E-state index is -0.466. The van der Waals surface area contributed by atoms with Crippen LogP contribution in [-0.4, -0.2) is 15.5 Å². The Morgan fingerprint density at radius 2 is 1.22 bits per heavy atom. The van der Waals surface area contributed by atoms with Gasteiger partial charge in [0.25, 0.3) is 5.91 Å². The minimum absolute atomic E-state index is 0.000971. The van der Waals surface area contributed by atoms with Gasteiger partial charge in [0.2, 0.25) is 0 Å².